The summed E-state index contributed by atoms with van der Waals surface area (Å²) in [6.07, 6.45) is 9.73. The predicted molar refractivity (Wildman–Crippen MR) is 311 cm³/mol. The third-order valence-corrected chi connectivity index (χ3v) is 21.3. The Morgan fingerprint density at radius 2 is 1.07 bits per heavy atom. The Kier molecular flexibility index (Phi) is 9.17. The van der Waals surface area contributed by atoms with Gasteiger partial charge in [-0.3, -0.25) is 0 Å². The van der Waals surface area contributed by atoms with Crippen LogP contribution in [0, 0.1) is 6.92 Å². The third-order valence-electron chi connectivity index (χ3n) is 20.2. The van der Waals surface area contributed by atoms with Gasteiger partial charge in [0.05, 0.1) is 5.54 Å². The number of para-hydroxylation sites is 1. The summed E-state index contributed by atoms with van der Waals surface area (Å²) in [5.41, 5.74) is 23.9. The number of hydrogen-bond donors (Lipinski definition) is 0. The lowest BCUT2D eigenvalue weighted by atomic mass is 9.33. The number of aryl methyl sites for hydroxylation is 1. The number of benzene rings is 7. The summed E-state index contributed by atoms with van der Waals surface area (Å²) in [5, 5.41) is 2.66. The Morgan fingerprint density at radius 3 is 1.76 bits per heavy atom. The number of rotatable bonds is 4. The molecule has 0 amide bonds. The number of anilines is 8. The first kappa shape index (κ1) is 44.9. The van der Waals surface area contributed by atoms with E-state index in [1.165, 1.54) is 161 Å². The summed E-state index contributed by atoms with van der Waals surface area (Å²) >= 11 is 1.91. The second-order valence-electron chi connectivity index (χ2n) is 26.2. The van der Waals surface area contributed by atoms with Crippen LogP contribution in [0.5, 0.6) is 0 Å². The minimum Gasteiger partial charge on any atom is -0.335 e. The molecule has 0 radical (unpaired) electrons. The summed E-state index contributed by atoms with van der Waals surface area (Å²) in [7, 11) is 0. The van der Waals surface area contributed by atoms with Crippen LogP contribution < -0.4 is 31.1 Å². The second-order valence-corrected chi connectivity index (χ2v) is 27.3. The highest BCUT2D eigenvalue weighted by Crippen LogP contribution is 2.62. The SMILES string of the molecule is Cc1cc2c3c(c1)N1c4c(cccc4C4(C)CCCCC14C)B3c1ccc(N(c3ccc4c(c3)C(C)(C)CCC4(C)C)c3ccc4c(c3)C(C)(C)CCC4(C)C)cc1N2c1ccc2sc3ccccc3c2c1. The molecule has 4 heterocycles. The van der Waals surface area contributed by atoms with Gasteiger partial charge in [-0.15, -0.1) is 11.3 Å². The molecule has 2 unspecified atom stereocenters. The van der Waals surface area contributed by atoms with Gasteiger partial charge in [-0.1, -0.05) is 130 Å². The van der Waals surface area contributed by atoms with E-state index in [1.807, 2.05) is 11.3 Å². The maximum atomic E-state index is 2.87. The Labute approximate surface area is 433 Å². The Bertz CT molecular complexity index is 3570. The minimum atomic E-state index is -0.0164. The van der Waals surface area contributed by atoms with E-state index in [2.05, 4.69) is 218 Å². The summed E-state index contributed by atoms with van der Waals surface area (Å²) in [6, 6.07) is 51.3. The molecule has 2 atom stereocenters. The number of thiophene rings is 1. The summed E-state index contributed by atoms with van der Waals surface area (Å²) < 4.78 is 2.68. The quantitative estimate of drug-likeness (QED) is 0.163. The molecule has 0 saturated heterocycles. The van der Waals surface area contributed by atoms with Crippen LogP contribution in [0.3, 0.4) is 0 Å². The van der Waals surface area contributed by atoms with Crippen molar-refractivity contribution in [2.45, 2.75) is 160 Å². The Balaban J connectivity index is 1.05. The first-order valence-electron chi connectivity index (χ1n) is 27.3. The molecule has 3 nitrogen and oxygen atoms in total. The van der Waals surface area contributed by atoms with E-state index in [4.69, 9.17) is 0 Å². The topological polar surface area (TPSA) is 9.72 Å². The number of fused-ring (bicyclic) bond motifs is 12. The molecule has 1 saturated carbocycles. The van der Waals surface area contributed by atoms with Crippen LogP contribution in [-0.4, -0.2) is 12.3 Å². The molecular formula is C67H70BN3S. The fourth-order valence-electron chi connectivity index (χ4n) is 15.6. The maximum absolute atomic E-state index is 2.87. The average Bonchev–Trinajstić information content (AvgIpc) is 3.83. The Morgan fingerprint density at radius 1 is 0.472 bits per heavy atom. The normalized spacial score (nSPS) is 23.2. The lowest BCUT2D eigenvalue weighted by molar-refractivity contribution is 0.195. The average molecular weight is 960 g/mol. The van der Waals surface area contributed by atoms with Crippen molar-refractivity contribution in [1.82, 2.24) is 0 Å². The lowest BCUT2D eigenvalue weighted by Crippen LogP contribution is -2.64. The maximum Gasteiger partial charge on any atom is 0.252 e. The first-order chi connectivity index (χ1) is 34.3. The van der Waals surface area contributed by atoms with Gasteiger partial charge in [-0.05, 0) is 197 Å². The van der Waals surface area contributed by atoms with E-state index in [0.717, 1.165) is 0 Å². The highest BCUT2D eigenvalue weighted by atomic mass is 32.1. The largest absolute Gasteiger partial charge is 0.335 e. The zero-order chi connectivity index (χ0) is 49.6. The van der Waals surface area contributed by atoms with E-state index in [-0.39, 0.29) is 39.3 Å². The summed E-state index contributed by atoms with van der Waals surface area (Å²) in [5.74, 6) is 0. The van der Waals surface area contributed by atoms with Crippen LogP contribution in [-0.2, 0) is 27.1 Å². The van der Waals surface area contributed by atoms with Gasteiger partial charge in [-0.2, -0.15) is 0 Å². The van der Waals surface area contributed by atoms with Crippen LogP contribution in [0.25, 0.3) is 20.2 Å². The number of hydrogen-bond acceptors (Lipinski definition) is 4. The van der Waals surface area contributed by atoms with Gasteiger partial charge in [0.25, 0.3) is 6.71 Å². The van der Waals surface area contributed by atoms with Gasteiger partial charge in [0.15, 0.2) is 0 Å². The molecular weight excluding hydrogens is 890 g/mol. The summed E-state index contributed by atoms with van der Waals surface area (Å²) in [6.45, 7) is 27.3. The monoisotopic (exact) mass is 960 g/mol. The summed E-state index contributed by atoms with van der Waals surface area (Å²) in [4.78, 5) is 8.16. The van der Waals surface area contributed by atoms with E-state index in [9.17, 15) is 0 Å². The van der Waals surface area contributed by atoms with Gasteiger partial charge < -0.3 is 14.7 Å². The molecule has 362 valence electrons. The van der Waals surface area contributed by atoms with Gasteiger partial charge in [0.1, 0.15) is 0 Å². The van der Waals surface area contributed by atoms with Gasteiger partial charge in [-0.25, -0.2) is 0 Å². The molecule has 3 aliphatic heterocycles. The van der Waals surface area contributed by atoms with Crippen molar-refractivity contribution in [2.75, 3.05) is 14.7 Å². The molecule has 0 bridgehead atoms. The zero-order valence-electron chi connectivity index (χ0n) is 44.6. The lowest BCUT2D eigenvalue weighted by Gasteiger charge is -2.53. The Hall–Kier alpha value is -5.78. The molecule has 72 heavy (non-hydrogen) atoms. The highest BCUT2D eigenvalue weighted by Gasteiger charge is 2.61. The van der Waals surface area contributed by atoms with Gasteiger partial charge >= 0.3 is 0 Å². The molecule has 14 rings (SSSR count). The molecule has 5 heteroatoms. The molecule has 1 aromatic heterocycles. The molecule has 0 spiro atoms. The standard InChI is InChI=1S/C67H70BN3S/c1-41-35-56-60-57(36-41)71-61-50(66(10)29-14-15-30-67(66,71)11)18-16-19-54(61)68(60)53-27-23-45(40-55(53)70(56)42-24-28-59-47(37-42)46-17-12-13-20-58(46)72-59)69(43-21-25-48-51(38-43)64(6,7)33-31-62(48,2)3)44-22-26-49-52(39-44)65(8,9)34-32-63(49,4)5/h12-13,16-28,35-40H,14-15,29-34H2,1-11H3. The fraction of sp³-hybridized carbons (Fsp3) is 0.373. The van der Waals surface area contributed by atoms with Crippen molar-refractivity contribution < 1.29 is 0 Å². The molecule has 3 aliphatic carbocycles. The van der Waals surface area contributed by atoms with Crippen LogP contribution in [0.15, 0.2) is 127 Å². The fourth-order valence-corrected chi connectivity index (χ4v) is 16.6. The van der Waals surface area contributed by atoms with Crippen LogP contribution in [0.1, 0.15) is 154 Å². The van der Waals surface area contributed by atoms with Crippen LogP contribution in [0.4, 0.5) is 45.5 Å². The molecule has 7 aromatic carbocycles. The van der Waals surface area contributed by atoms with Gasteiger partial charge in [0, 0.05) is 71.1 Å². The van der Waals surface area contributed by atoms with Crippen molar-refractivity contribution in [3.63, 3.8) is 0 Å². The van der Waals surface area contributed by atoms with E-state index in [1.54, 1.807) is 5.56 Å². The van der Waals surface area contributed by atoms with E-state index in [0.29, 0.717) is 0 Å². The van der Waals surface area contributed by atoms with E-state index < -0.39 is 0 Å². The van der Waals surface area contributed by atoms with Crippen molar-refractivity contribution in [3.8, 4) is 0 Å². The second kappa shape index (κ2) is 14.7. The smallest absolute Gasteiger partial charge is 0.252 e. The molecule has 0 N–H and O–H groups in total. The molecule has 1 fully saturated rings. The van der Waals surface area contributed by atoms with Gasteiger partial charge in [0.2, 0.25) is 0 Å². The van der Waals surface area contributed by atoms with Crippen LogP contribution in [0.2, 0.25) is 0 Å². The minimum absolute atomic E-state index is 0.0164. The predicted octanol–water partition coefficient (Wildman–Crippen LogP) is 16.9. The molecule has 8 aromatic rings. The van der Waals surface area contributed by atoms with Crippen molar-refractivity contribution >= 4 is 100 Å². The van der Waals surface area contributed by atoms with E-state index >= 15 is 0 Å². The van der Waals surface area contributed by atoms with Crippen molar-refractivity contribution in [2.24, 2.45) is 0 Å². The third kappa shape index (κ3) is 5.98. The molecule has 6 aliphatic rings. The van der Waals surface area contributed by atoms with Crippen LogP contribution >= 0.6 is 11.3 Å². The van der Waals surface area contributed by atoms with Crippen molar-refractivity contribution in [3.05, 3.63) is 161 Å². The first-order valence-corrected chi connectivity index (χ1v) is 28.2. The number of nitrogens with zero attached hydrogens (tertiary/aromatic N) is 3. The zero-order valence-corrected chi connectivity index (χ0v) is 45.4. The van der Waals surface area contributed by atoms with Crippen molar-refractivity contribution in [1.29, 1.82) is 0 Å². The highest BCUT2D eigenvalue weighted by molar-refractivity contribution is 7.25.